The molecule has 2 aromatic heterocycles. The quantitative estimate of drug-likeness (QED) is 0.439. The summed E-state index contributed by atoms with van der Waals surface area (Å²) < 4.78 is 24.4. The molecule has 10 heteroatoms. The van der Waals surface area contributed by atoms with Crippen molar-refractivity contribution in [3.63, 3.8) is 0 Å². The van der Waals surface area contributed by atoms with E-state index < -0.39 is 17.8 Å². The van der Waals surface area contributed by atoms with Crippen LogP contribution in [0, 0.1) is 12.7 Å². The van der Waals surface area contributed by atoms with Crippen LogP contribution < -0.4 is 5.32 Å². The number of aryl methyl sites for hydroxylation is 1. The predicted molar refractivity (Wildman–Crippen MR) is 120 cm³/mol. The van der Waals surface area contributed by atoms with Gasteiger partial charge >= 0.3 is 11.9 Å². The van der Waals surface area contributed by atoms with E-state index in [0.717, 1.165) is 5.56 Å². The molecule has 4 rings (SSSR count). The van der Waals surface area contributed by atoms with Gasteiger partial charge in [-0.2, -0.15) is 0 Å². The minimum atomic E-state index is -0.657. The number of fused-ring (bicyclic) bond motifs is 1. The highest BCUT2D eigenvalue weighted by Crippen LogP contribution is 2.28. The van der Waals surface area contributed by atoms with Crippen LogP contribution >= 0.6 is 11.3 Å². The summed E-state index contributed by atoms with van der Waals surface area (Å²) in [7, 11) is 2.44. The van der Waals surface area contributed by atoms with Gasteiger partial charge in [0.15, 0.2) is 4.96 Å². The normalized spacial score (nSPS) is 10.8. The fourth-order valence-corrected chi connectivity index (χ4v) is 4.28. The molecule has 0 unspecified atom stereocenters. The molecule has 0 radical (unpaired) electrons. The summed E-state index contributed by atoms with van der Waals surface area (Å²) in [5.41, 5.74) is 2.50. The lowest BCUT2D eigenvalue weighted by atomic mass is 10.1. The van der Waals surface area contributed by atoms with Crippen LogP contribution in [0.5, 0.6) is 0 Å². The van der Waals surface area contributed by atoms with E-state index in [1.165, 1.54) is 55.9 Å². The number of hydrogen-bond acceptors (Lipinski definition) is 7. The molecule has 0 aliphatic heterocycles. The number of rotatable bonds is 5. The third kappa shape index (κ3) is 4.33. The van der Waals surface area contributed by atoms with Crippen molar-refractivity contribution in [3.05, 3.63) is 76.2 Å². The Morgan fingerprint density at radius 2 is 1.61 bits per heavy atom. The van der Waals surface area contributed by atoms with Crippen molar-refractivity contribution in [2.45, 2.75) is 6.92 Å². The molecule has 0 aliphatic rings. The van der Waals surface area contributed by atoms with Crippen LogP contribution in [-0.4, -0.2) is 41.5 Å². The first kappa shape index (κ1) is 22.2. The van der Waals surface area contributed by atoms with E-state index in [2.05, 4.69) is 10.3 Å². The number of imidazole rings is 1. The molecule has 1 N–H and O–H groups in total. The van der Waals surface area contributed by atoms with Crippen LogP contribution in [0.25, 0.3) is 16.2 Å². The highest BCUT2D eigenvalue weighted by atomic mass is 32.1. The van der Waals surface area contributed by atoms with Gasteiger partial charge in [-0.25, -0.2) is 19.0 Å². The van der Waals surface area contributed by atoms with Crippen LogP contribution in [0.2, 0.25) is 0 Å². The molecule has 2 aromatic carbocycles. The SMILES string of the molecule is COC(=O)c1cc(NC(=O)c2sc3nc(-c4ccc(F)cc4)cn3c2C)cc(C(=O)OC)c1. The number of aromatic nitrogens is 2. The lowest BCUT2D eigenvalue weighted by Crippen LogP contribution is -2.14. The lowest BCUT2D eigenvalue weighted by molar-refractivity contribution is 0.0599. The van der Waals surface area contributed by atoms with Crippen molar-refractivity contribution in [2.75, 3.05) is 19.5 Å². The maximum Gasteiger partial charge on any atom is 0.337 e. The molecule has 8 nitrogen and oxygen atoms in total. The topological polar surface area (TPSA) is 99.0 Å². The van der Waals surface area contributed by atoms with E-state index >= 15 is 0 Å². The highest BCUT2D eigenvalue weighted by Gasteiger charge is 2.20. The third-order valence-corrected chi connectivity index (χ3v) is 6.09. The van der Waals surface area contributed by atoms with Crippen LogP contribution in [-0.2, 0) is 9.47 Å². The van der Waals surface area contributed by atoms with Gasteiger partial charge in [-0.3, -0.25) is 9.20 Å². The van der Waals surface area contributed by atoms with Crippen molar-refractivity contribution in [1.82, 2.24) is 9.38 Å². The van der Waals surface area contributed by atoms with E-state index in [4.69, 9.17) is 9.47 Å². The van der Waals surface area contributed by atoms with Gasteiger partial charge in [0, 0.05) is 23.1 Å². The largest absolute Gasteiger partial charge is 0.465 e. The fraction of sp³-hybridized carbons (Fsp3) is 0.130. The molecular formula is C23H18FN3O5S. The summed E-state index contributed by atoms with van der Waals surface area (Å²) in [6, 6.07) is 10.2. The molecule has 0 fully saturated rings. The van der Waals surface area contributed by atoms with Crippen molar-refractivity contribution in [2.24, 2.45) is 0 Å². The molecule has 33 heavy (non-hydrogen) atoms. The second-order valence-corrected chi connectivity index (χ2v) is 8.02. The molecule has 1 amide bonds. The Morgan fingerprint density at radius 3 is 2.15 bits per heavy atom. The van der Waals surface area contributed by atoms with Crippen molar-refractivity contribution >= 4 is 39.8 Å². The monoisotopic (exact) mass is 467 g/mol. The number of ether oxygens (including phenoxy) is 2. The Kier molecular flexibility index (Phi) is 5.93. The summed E-state index contributed by atoms with van der Waals surface area (Å²) in [5, 5.41) is 2.71. The maximum absolute atomic E-state index is 13.2. The zero-order valence-corrected chi connectivity index (χ0v) is 18.7. The smallest absolute Gasteiger partial charge is 0.337 e. The van der Waals surface area contributed by atoms with Crippen molar-refractivity contribution in [1.29, 1.82) is 0 Å². The molecule has 168 valence electrons. The fourth-order valence-electron chi connectivity index (χ4n) is 3.28. The van der Waals surface area contributed by atoms with E-state index in [1.54, 1.807) is 29.7 Å². The van der Waals surface area contributed by atoms with E-state index in [0.29, 0.717) is 21.2 Å². The zero-order valence-electron chi connectivity index (χ0n) is 17.8. The van der Waals surface area contributed by atoms with Crippen molar-refractivity contribution in [3.8, 4) is 11.3 Å². The number of amides is 1. The zero-order chi connectivity index (χ0) is 23.7. The Morgan fingerprint density at radius 1 is 1.00 bits per heavy atom. The van der Waals surface area contributed by atoms with E-state index in [1.807, 2.05) is 0 Å². The van der Waals surface area contributed by atoms with E-state index in [-0.39, 0.29) is 22.6 Å². The third-order valence-electron chi connectivity index (χ3n) is 4.94. The summed E-state index contributed by atoms with van der Waals surface area (Å²) >= 11 is 1.18. The second-order valence-electron chi connectivity index (χ2n) is 7.04. The first-order valence-corrected chi connectivity index (χ1v) is 10.5. The first-order valence-electron chi connectivity index (χ1n) is 9.68. The minimum absolute atomic E-state index is 0.0948. The standard InChI is InChI=1S/C23H18FN3O5S/c1-12-19(33-23-26-18(11-27(12)23)13-4-6-16(24)7-5-13)20(28)25-17-9-14(21(29)31-2)8-15(10-17)22(30)32-3/h4-11H,1-3H3,(H,25,28). The van der Waals surface area contributed by atoms with Crippen LogP contribution in [0.1, 0.15) is 36.1 Å². The summed E-state index contributed by atoms with van der Waals surface area (Å²) in [5.74, 6) is -2.07. The predicted octanol–water partition coefficient (Wildman–Crippen LogP) is 4.34. The molecule has 0 atom stereocenters. The van der Waals surface area contributed by atoms with Gasteiger partial charge in [0.2, 0.25) is 0 Å². The number of benzene rings is 2. The minimum Gasteiger partial charge on any atom is -0.465 e. The number of hydrogen-bond donors (Lipinski definition) is 1. The molecule has 0 spiro atoms. The molecule has 0 bridgehead atoms. The van der Waals surface area contributed by atoms with Crippen molar-refractivity contribution < 1.29 is 28.2 Å². The Balaban J connectivity index is 1.64. The van der Waals surface area contributed by atoms with Gasteiger partial charge < -0.3 is 14.8 Å². The number of nitrogens with one attached hydrogen (secondary N) is 1. The summed E-state index contributed by atoms with van der Waals surface area (Å²) in [6.45, 7) is 1.78. The molecule has 0 aliphatic carbocycles. The molecule has 0 saturated carbocycles. The lowest BCUT2D eigenvalue weighted by Gasteiger charge is -2.09. The summed E-state index contributed by atoms with van der Waals surface area (Å²) in [6.07, 6.45) is 1.78. The van der Waals surface area contributed by atoms with Gasteiger partial charge in [-0.05, 0) is 49.4 Å². The number of carbonyl (C=O) groups excluding carboxylic acids is 3. The highest BCUT2D eigenvalue weighted by molar-refractivity contribution is 7.19. The van der Waals surface area contributed by atoms with Crippen LogP contribution in [0.15, 0.2) is 48.7 Å². The van der Waals surface area contributed by atoms with Gasteiger partial charge in [0.25, 0.3) is 5.91 Å². The Labute approximate surface area is 191 Å². The van der Waals surface area contributed by atoms with Gasteiger partial charge in [0.1, 0.15) is 10.7 Å². The number of anilines is 1. The number of carbonyl (C=O) groups is 3. The maximum atomic E-state index is 13.2. The molecule has 4 aromatic rings. The second kappa shape index (κ2) is 8.83. The first-order chi connectivity index (χ1) is 15.8. The molecule has 0 saturated heterocycles. The average molecular weight is 467 g/mol. The number of nitrogens with zero attached hydrogens (tertiary/aromatic N) is 2. The number of halogens is 1. The Bertz CT molecular complexity index is 1360. The van der Waals surface area contributed by atoms with Gasteiger partial charge in [-0.1, -0.05) is 11.3 Å². The van der Waals surface area contributed by atoms with E-state index in [9.17, 15) is 18.8 Å². The average Bonchev–Trinajstić information content (AvgIpc) is 3.37. The van der Waals surface area contributed by atoms with Gasteiger partial charge in [-0.15, -0.1) is 0 Å². The van der Waals surface area contributed by atoms with Crippen LogP contribution in [0.4, 0.5) is 10.1 Å². The molecule has 2 heterocycles. The number of thiazole rings is 1. The summed E-state index contributed by atoms with van der Waals surface area (Å²) in [4.78, 5) is 42.5. The Hall–Kier alpha value is -4.05. The molecular weight excluding hydrogens is 449 g/mol. The van der Waals surface area contributed by atoms with Crippen LogP contribution in [0.3, 0.4) is 0 Å². The number of esters is 2. The number of methoxy groups -OCH3 is 2. The van der Waals surface area contributed by atoms with Gasteiger partial charge in [0.05, 0.1) is 31.0 Å².